The predicted octanol–water partition coefficient (Wildman–Crippen LogP) is 1.62. The molecule has 0 aliphatic carbocycles. The molecule has 0 fully saturated rings. The molecule has 1 rings (SSSR count). The largest absolute Gasteiger partial charge is 0.306 e. The molecule has 2 nitrogen and oxygen atoms in total. The van der Waals surface area contributed by atoms with E-state index < -0.39 is 0 Å². The summed E-state index contributed by atoms with van der Waals surface area (Å²) in [7, 11) is 0. The summed E-state index contributed by atoms with van der Waals surface area (Å²) in [5.41, 5.74) is 1.16. The second-order valence-electron chi connectivity index (χ2n) is 3.08. The van der Waals surface area contributed by atoms with Crippen molar-refractivity contribution in [2.75, 3.05) is 12.4 Å². The van der Waals surface area contributed by atoms with Crippen LogP contribution in [0.3, 0.4) is 0 Å². The monoisotopic (exact) mass is 211 g/mol. The van der Waals surface area contributed by atoms with Crippen molar-refractivity contribution in [1.29, 1.82) is 0 Å². The summed E-state index contributed by atoms with van der Waals surface area (Å²) in [5.74, 6) is 0.527. The quantitative estimate of drug-likeness (QED) is 0.573. The minimum Gasteiger partial charge on any atom is -0.306 e. The number of rotatable bonds is 6. The van der Waals surface area contributed by atoms with Crippen LogP contribution >= 0.6 is 11.6 Å². The van der Waals surface area contributed by atoms with Gasteiger partial charge < -0.3 is 10.1 Å². The summed E-state index contributed by atoms with van der Waals surface area (Å²) >= 11 is 5.53. The molecule has 0 amide bonds. The van der Waals surface area contributed by atoms with E-state index in [1.807, 2.05) is 30.3 Å². The van der Waals surface area contributed by atoms with Gasteiger partial charge in [0, 0.05) is 12.4 Å². The van der Waals surface area contributed by atoms with Crippen LogP contribution in [0.2, 0.25) is 0 Å². The number of hydrogen-bond donors (Lipinski definition) is 1. The lowest BCUT2D eigenvalue weighted by Crippen LogP contribution is -2.33. The second kappa shape index (κ2) is 6.57. The molecule has 1 aromatic rings. The average Bonchev–Trinajstić information content (AvgIpc) is 2.25. The molecule has 76 valence electrons. The molecular weight excluding hydrogens is 198 g/mol. The molecule has 1 atom stereocenters. The van der Waals surface area contributed by atoms with Crippen molar-refractivity contribution in [2.24, 2.45) is 0 Å². The van der Waals surface area contributed by atoms with E-state index in [9.17, 15) is 4.79 Å². The number of benzene rings is 1. The molecule has 0 radical (unpaired) electrons. The highest BCUT2D eigenvalue weighted by Crippen LogP contribution is 2.01. The predicted molar refractivity (Wildman–Crippen MR) is 58.7 cm³/mol. The molecule has 0 spiro atoms. The van der Waals surface area contributed by atoms with Crippen LogP contribution in [0.4, 0.5) is 0 Å². The lowest BCUT2D eigenvalue weighted by atomic mass is 10.1. The molecule has 1 aromatic carbocycles. The van der Waals surface area contributed by atoms with Crippen LogP contribution in [-0.4, -0.2) is 24.8 Å². The molecule has 0 heterocycles. The van der Waals surface area contributed by atoms with Crippen LogP contribution in [0.1, 0.15) is 5.56 Å². The zero-order chi connectivity index (χ0) is 10.2. The summed E-state index contributed by atoms with van der Waals surface area (Å²) in [4.78, 5) is 10.7. The van der Waals surface area contributed by atoms with E-state index in [0.29, 0.717) is 12.4 Å². The Morgan fingerprint density at radius 1 is 1.36 bits per heavy atom. The second-order valence-corrected chi connectivity index (χ2v) is 3.45. The Morgan fingerprint density at radius 3 is 2.64 bits per heavy atom. The SMILES string of the molecule is O=CC(Cc1ccccc1)NCCCl. The van der Waals surface area contributed by atoms with Crippen molar-refractivity contribution in [3.05, 3.63) is 35.9 Å². The molecule has 3 heteroatoms. The number of aldehydes is 1. The zero-order valence-electron chi connectivity index (χ0n) is 7.95. The van der Waals surface area contributed by atoms with Crippen LogP contribution in [0.25, 0.3) is 0 Å². The van der Waals surface area contributed by atoms with E-state index in [0.717, 1.165) is 18.3 Å². The molecule has 0 aliphatic heterocycles. The lowest BCUT2D eigenvalue weighted by molar-refractivity contribution is -0.109. The van der Waals surface area contributed by atoms with Gasteiger partial charge in [0.15, 0.2) is 0 Å². The van der Waals surface area contributed by atoms with Crippen LogP contribution in [0.5, 0.6) is 0 Å². The van der Waals surface area contributed by atoms with Crippen molar-refractivity contribution in [3.63, 3.8) is 0 Å². The van der Waals surface area contributed by atoms with Gasteiger partial charge in [-0.25, -0.2) is 0 Å². The van der Waals surface area contributed by atoms with Crippen LogP contribution < -0.4 is 5.32 Å². The summed E-state index contributed by atoms with van der Waals surface area (Å²) in [6, 6.07) is 9.80. The summed E-state index contributed by atoms with van der Waals surface area (Å²) in [6.45, 7) is 0.664. The molecule has 0 aromatic heterocycles. The first kappa shape index (κ1) is 11.2. The first-order valence-electron chi connectivity index (χ1n) is 4.65. The Balaban J connectivity index is 2.44. The van der Waals surface area contributed by atoms with Crippen LogP contribution in [0.15, 0.2) is 30.3 Å². The fourth-order valence-corrected chi connectivity index (χ4v) is 1.39. The first-order valence-corrected chi connectivity index (χ1v) is 5.19. The third-order valence-electron chi connectivity index (χ3n) is 1.96. The van der Waals surface area contributed by atoms with Crippen molar-refractivity contribution in [1.82, 2.24) is 5.32 Å². The van der Waals surface area contributed by atoms with Gasteiger partial charge in [0.1, 0.15) is 6.29 Å². The van der Waals surface area contributed by atoms with E-state index in [-0.39, 0.29) is 6.04 Å². The maximum Gasteiger partial charge on any atom is 0.137 e. The number of halogens is 1. The first-order chi connectivity index (χ1) is 6.86. The van der Waals surface area contributed by atoms with Crippen LogP contribution in [-0.2, 0) is 11.2 Å². The van der Waals surface area contributed by atoms with Crippen molar-refractivity contribution >= 4 is 17.9 Å². The number of nitrogens with one attached hydrogen (secondary N) is 1. The fraction of sp³-hybridized carbons (Fsp3) is 0.364. The third-order valence-corrected chi connectivity index (χ3v) is 2.15. The Morgan fingerprint density at radius 2 is 2.07 bits per heavy atom. The van der Waals surface area contributed by atoms with Gasteiger partial charge in [0.2, 0.25) is 0 Å². The van der Waals surface area contributed by atoms with Gasteiger partial charge >= 0.3 is 0 Å². The maximum absolute atomic E-state index is 10.7. The fourth-order valence-electron chi connectivity index (χ4n) is 1.28. The van der Waals surface area contributed by atoms with Gasteiger partial charge in [0.25, 0.3) is 0 Å². The van der Waals surface area contributed by atoms with Gasteiger partial charge in [-0.15, -0.1) is 11.6 Å². The van der Waals surface area contributed by atoms with Crippen molar-refractivity contribution in [2.45, 2.75) is 12.5 Å². The van der Waals surface area contributed by atoms with Gasteiger partial charge in [-0.2, -0.15) is 0 Å². The summed E-state index contributed by atoms with van der Waals surface area (Å²) in [5, 5.41) is 3.07. The minimum absolute atomic E-state index is 0.129. The van der Waals surface area contributed by atoms with E-state index in [1.54, 1.807) is 0 Å². The van der Waals surface area contributed by atoms with Gasteiger partial charge in [-0.3, -0.25) is 0 Å². The van der Waals surface area contributed by atoms with Crippen LogP contribution in [0, 0.1) is 0 Å². The smallest absolute Gasteiger partial charge is 0.137 e. The molecule has 1 N–H and O–H groups in total. The summed E-state index contributed by atoms with van der Waals surface area (Å²) < 4.78 is 0. The maximum atomic E-state index is 10.7. The molecular formula is C11H14ClNO. The minimum atomic E-state index is -0.129. The molecule has 0 saturated carbocycles. The van der Waals surface area contributed by atoms with E-state index in [4.69, 9.17) is 11.6 Å². The Labute approximate surface area is 89.3 Å². The topological polar surface area (TPSA) is 29.1 Å². The lowest BCUT2D eigenvalue weighted by Gasteiger charge is -2.11. The number of alkyl halides is 1. The molecule has 0 bridgehead atoms. The van der Waals surface area contributed by atoms with Gasteiger partial charge in [0.05, 0.1) is 6.04 Å². The molecule has 0 saturated heterocycles. The normalized spacial score (nSPS) is 12.4. The molecule has 1 unspecified atom stereocenters. The average molecular weight is 212 g/mol. The number of hydrogen-bond acceptors (Lipinski definition) is 2. The highest BCUT2D eigenvalue weighted by atomic mass is 35.5. The Hall–Kier alpha value is -0.860. The van der Waals surface area contributed by atoms with Crippen molar-refractivity contribution < 1.29 is 4.79 Å². The van der Waals surface area contributed by atoms with Crippen molar-refractivity contribution in [3.8, 4) is 0 Å². The van der Waals surface area contributed by atoms with Gasteiger partial charge in [-0.1, -0.05) is 30.3 Å². The standard InChI is InChI=1S/C11H14ClNO/c12-6-7-13-11(9-14)8-10-4-2-1-3-5-10/h1-5,9,11,13H,6-8H2. The highest BCUT2D eigenvalue weighted by molar-refractivity contribution is 6.18. The van der Waals surface area contributed by atoms with E-state index in [2.05, 4.69) is 5.32 Å². The summed E-state index contributed by atoms with van der Waals surface area (Å²) in [6.07, 6.45) is 1.65. The molecule has 0 aliphatic rings. The number of carbonyl (C=O) groups is 1. The van der Waals surface area contributed by atoms with E-state index in [1.165, 1.54) is 0 Å². The molecule has 14 heavy (non-hydrogen) atoms. The van der Waals surface area contributed by atoms with Gasteiger partial charge in [-0.05, 0) is 12.0 Å². The Kier molecular flexibility index (Phi) is 5.27. The Bertz CT molecular complexity index is 263. The number of carbonyl (C=O) groups excluding carboxylic acids is 1. The zero-order valence-corrected chi connectivity index (χ0v) is 8.70. The highest BCUT2D eigenvalue weighted by Gasteiger charge is 2.06. The third kappa shape index (κ3) is 3.90. The van der Waals surface area contributed by atoms with E-state index >= 15 is 0 Å².